The van der Waals surface area contributed by atoms with Crippen LogP contribution in [0.1, 0.15) is 35.6 Å². The summed E-state index contributed by atoms with van der Waals surface area (Å²) < 4.78 is 0. The second kappa shape index (κ2) is 9.16. The quantitative estimate of drug-likeness (QED) is 0.803. The molecule has 0 spiro atoms. The molecule has 1 aliphatic rings. The van der Waals surface area contributed by atoms with Gasteiger partial charge in [0.15, 0.2) is 0 Å². The summed E-state index contributed by atoms with van der Waals surface area (Å²) in [5.74, 6) is -0.126. The van der Waals surface area contributed by atoms with E-state index >= 15 is 0 Å². The van der Waals surface area contributed by atoms with E-state index in [1.807, 2.05) is 18.2 Å². The molecule has 27 heavy (non-hydrogen) atoms. The molecule has 0 saturated carbocycles. The fourth-order valence-electron chi connectivity index (χ4n) is 3.55. The zero-order valence-corrected chi connectivity index (χ0v) is 15.7. The van der Waals surface area contributed by atoms with Crippen LogP contribution in [0.3, 0.4) is 0 Å². The highest BCUT2D eigenvalue weighted by atomic mass is 16.1. The normalized spacial score (nSPS) is 15.1. The molecule has 1 amide bonds. The number of carbonyl (C=O) groups is 1. The number of hydrogen-bond donors (Lipinski definition) is 1. The van der Waals surface area contributed by atoms with Crippen molar-refractivity contribution in [2.45, 2.75) is 32.4 Å². The van der Waals surface area contributed by atoms with Crippen LogP contribution in [-0.2, 0) is 17.8 Å². The molecule has 2 aromatic carbocycles. The lowest BCUT2D eigenvalue weighted by Crippen LogP contribution is -2.45. The van der Waals surface area contributed by atoms with Crippen LogP contribution >= 0.6 is 0 Å². The number of fused-ring (bicyclic) bond motifs is 1. The van der Waals surface area contributed by atoms with Gasteiger partial charge in [-0.05, 0) is 41.7 Å². The van der Waals surface area contributed by atoms with Crippen molar-refractivity contribution in [3.05, 3.63) is 76.9 Å². The molecule has 0 fully saturated rings. The largest absolute Gasteiger partial charge is 0.351 e. The van der Waals surface area contributed by atoms with E-state index in [1.165, 1.54) is 17.2 Å². The van der Waals surface area contributed by atoms with E-state index in [9.17, 15) is 4.79 Å². The van der Waals surface area contributed by atoms with Crippen molar-refractivity contribution in [3.8, 4) is 6.07 Å². The van der Waals surface area contributed by atoms with Gasteiger partial charge >= 0.3 is 0 Å². The van der Waals surface area contributed by atoms with Crippen molar-refractivity contribution in [2.24, 2.45) is 0 Å². The van der Waals surface area contributed by atoms with Crippen LogP contribution in [-0.4, -0.2) is 29.9 Å². The van der Waals surface area contributed by atoms with Gasteiger partial charge in [-0.3, -0.25) is 9.69 Å². The van der Waals surface area contributed by atoms with E-state index in [1.54, 1.807) is 12.1 Å². The number of hydrogen-bond acceptors (Lipinski definition) is 3. The predicted octanol–water partition coefficient (Wildman–Crippen LogP) is 3.52. The minimum atomic E-state index is -0.126. The highest BCUT2D eigenvalue weighted by Gasteiger charge is 2.22. The van der Waals surface area contributed by atoms with Crippen LogP contribution in [0.4, 0.5) is 0 Å². The van der Waals surface area contributed by atoms with Gasteiger partial charge in [0.2, 0.25) is 5.91 Å². The fraction of sp³-hybridized carbons (Fsp3) is 0.304. The molecule has 0 bridgehead atoms. The second-order valence-corrected chi connectivity index (χ2v) is 6.83. The number of amides is 1. The fourth-order valence-corrected chi connectivity index (χ4v) is 3.55. The van der Waals surface area contributed by atoms with Crippen LogP contribution in [0.2, 0.25) is 0 Å². The van der Waals surface area contributed by atoms with Crippen molar-refractivity contribution in [3.63, 3.8) is 0 Å². The Hall–Kier alpha value is -2.90. The van der Waals surface area contributed by atoms with Gasteiger partial charge in [-0.2, -0.15) is 5.26 Å². The molecule has 1 unspecified atom stereocenters. The molecule has 4 nitrogen and oxygen atoms in total. The van der Waals surface area contributed by atoms with Crippen LogP contribution in [0.5, 0.6) is 0 Å². The Labute approximate surface area is 161 Å². The maximum atomic E-state index is 12.2. The van der Waals surface area contributed by atoms with Gasteiger partial charge in [-0.1, -0.05) is 49.4 Å². The SMILES string of the molecule is CCC(CNC(=O)/C=C/c1ccccc1C#N)N1CCc2ccccc2C1. The molecule has 4 heteroatoms. The van der Waals surface area contributed by atoms with Crippen LogP contribution < -0.4 is 5.32 Å². The van der Waals surface area contributed by atoms with Crippen molar-refractivity contribution in [2.75, 3.05) is 13.1 Å². The van der Waals surface area contributed by atoms with Gasteiger partial charge in [0, 0.05) is 31.8 Å². The van der Waals surface area contributed by atoms with Crippen molar-refractivity contribution in [1.29, 1.82) is 5.26 Å². The smallest absolute Gasteiger partial charge is 0.244 e. The Kier molecular flexibility index (Phi) is 6.40. The number of nitriles is 1. The van der Waals surface area contributed by atoms with E-state index in [-0.39, 0.29) is 5.91 Å². The van der Waals surface area contributed by atoms with Crippen molar-refractivity contribution >= 4 is 12.0 Å². The van der Waals surface area contributed by atoms with Gasteiger partial charge in [0.05, 0.1) is 11.6 Å². The van der Waals surface area contributed by atoms with Crippen LogP contribution in [0.25, 0.3) is 6.08 Å². The highest BCUT2D eigenvalue weighted by Crippen LogP contribution is 2.21. The number of benzene rings is 2. The molecule has 0 aliphatic carbocycles. The molecule has 138 valence electrons. The van der Waals surface area contributed by atoms with Crippen molar-refractivity contribution < 1.29 is 4.79 Å². The van der Waals surface area contributed by atoms with E-state index in [2.05, 4.69) is 47.5 Å². The Balaban J connectivity index is 1.56. The standard InChI is InChI=1S/C23H25N3O/c1-2-22(26-14-13-19-8-4-6-10-21(19)17-26)16-25-23(27)12-11-18-7-3-5-9-20(18)15-24/h3-12,22H,2,13-14,16-17H2,1H3,(H,25,27)/b12-11+. The number of nitrogens with zero attached hydrogens (tertiary/aromatic N) is 2. The Bertz CT molecular complexity index is 866. The topological polar surface area (TPSA) is 56.1 Å². The third-order valence-electron chi connectivity index (χ3n) is 5.16. The van der Waals surface area contributed by atoms with Crippen LogP contribution in [0.15, 0.2) is 54.6 Å². The number of carbonyl (C=O) groups excluding carboxylic acids is 1. The molecule has 1 heterocycles. The molecular formula is C23H25N3O. The van der Waals surface area contributed by atoms with Gasteiger partial charge in [-0.15, -0.1) is 0 Å². The molecule has 2 aromatic rings. The summed E-state index contributed by atoms with van der Waals surface area (Å²) in [5, 5.41) is 12.1. The van der Waals surface area contributed by atoms with Gasteiger partial charge in [0.25, 0.3) is 0 Å². The molecule has 0 radical (unpaired) electrons. The summed E-state index contributed by atoms with van der Waals surface area (Å²) in [6, 6.07) is 18.3. The lowest BCUT2D eigenvalue weighted by Gasteiger charge is -2.35. The summed E-state index contributed by atoms with van der Waals surface area (Å²) in [5.41, 5.74) is 4.16. The third kappa shape index (κ3) is 4.84. The molecule has 1 atom stereocenters. The summed E-state index contributed by atoms with van der Waals surface area (Å²) in [4.78, 5) is 14.7. The summed E-state index contributed by atoms with van der Waals surface area (Å²) >= 11 is 0. The molecule has 0 saturated heterocycles. The summed E-state index contributed by atoms with van der Waals surface area (Å²) in [6.07, 6.45) is 5.26. The Morgan fingerprint density at radius 1 is 1.22 bits per heavy atom. The van der Waals surface area contributed by atoms with Gasteiger partial charge in [0.1, 0.15) is 0 Å². The zero-order chi connectivity index (χ0) is 19.1. The predicted molar refractivity (Wildman–Crippen MR) is 108 cm³/mol. The van der Waals surface area contributed by atoms with Gasteiger partial charge in [-0.25, -0.2) is 0 Å². The summed E-state index contributed by atoms with van der Waals surface area (Å²) in [7, 11) is 0. The zero-order valence-electron chi connectivity index (χ0n) is 15.7. The van der Waals surface area contributed by atoms with Crippen LogP contribution in [0, 0.1) is 11.3 Å². The van der Waals surface area contributed by atoms with E-state index < -0.39 is 0 Å². The first-order valence-corrected chi connectivity index (χ1v) is 9.47. The minimum Gasteiger partial charge on any atom is -0.351 e. The maximum Gasteiger partial charge on any atom is 0.244 e. The first kappa shape index (κ1) is 18.9. The van der Waals surface area contributed by atoms with E-state index in [0.29, 0.717) is 18.2 Å². The third-order valence-corrected chi connectivity index (χ3v) is 5.16. The first-order chi connectivity index (χ1) is 13.2. The number of nitrogens with one attached hydrogen (secondary N) is 1. The van der Waals surface area contributed by atoms with E-state index in [0.717, 1.165) is 31.5 Å². The number of rotatable bonds is 6. The molecule has 0 aromatic heterocycles. The summed E-state index contributed by atoms with van der Waals surface area (Å²) in [6.45, 7) is 4.75. The Morgan fingerprint density at radius 3 is 2.74 bits per heavy atom. The van der Waals surface area contributed by atoms with Gasteiger partial charge < -0.3 is 5.32 Å². The van der Waals surface area contributed by atoms with E-state index in [4.69, 9.17) is 5.26 Å². The molecule has 1 N–H and O–H groups in total. The minimum absolute atomic E-state index is 0.126. The molecule has 3 rings (SSSR count). The first-order valence-electron chi connectivity index (χ1n) is 9.47. The maximum absolute atomic E-state index is 12.2. The average molecular weight is 359 g/mol. The van der Waals surface area contributed by atoms with Crippen molar-refractivity contribution in [1.82, 2.24) is 10.2 Å². The second-order valence-electron chi connectivity index (χ2n) is 6.83. The lowest BCUT2D eigenvalue weighted by molar-refractivity contribution is -0.116. The molecule has 1 aliphatic heterocycles. The molecular weight excluding hydrogens is 334 g/mol. The average Bonchev–Trinajstić information content (AvgIpc) is 2.72. The Morgan fingerprint density at radius 2 is 1.96 bits per heavy atom. The lowest BCUT2D eigenvalue weighted by atomic mass is 9.98. The monoisotopic (exact) mass is 359 g/mol. The highest BCUT2D eigenvalue weighted by molar-refractivity contribution is 5.92.